The topological polar surface area (TPSA) is 42.0 Å². The van der Waals surface area contributed by atoms with Gasteiger partial charge in [0.2, 0.25) is 5.91 Å². The van der Waals surface area contributed by atoms with Crippen LogP contribution >= 0.6 is 11.6 Å². The quantitative estimate of drug-likeness (QED) is 0.800. The fraction of sp³-hybridized carbons (Fsp3) is 0.500. The van der Waals surface area contributed by atoms with E-state index in [1.165, 1.54) is 0 Å². The third-order valence-corrected chi connectivity index (χ3v) is 3.01. The van der Waals surface area contributed by atoms with E-state index in [-0.39, 0.29) is 5.91 Å². The summed E-state index contributed by atoms with van der Waals surface area (Å²) in [7, 11) is 0. The van der Waals surface area contributed by atoms with Gasteiger partial charge in [0.15, 0.2) is 0 Å². The number of aromatic nitrogens is 1. The van der Waals surface area contributed by atoms with Gasteiger partial charge in [-0.1, -0.05) is 6.07 Å². The Labute approximate surface area is 101 Å². The monoisotopic (exact) mass is 240 g/mol. The van der Waals surface area contributed by atoms with Gasteiger partial charge < -0.3 is 5.32 Å². The molecule has 4 heteroatoms. The molecule has 1 aromatic heterocycles. The lowest BCUT2D eigenvalue weighted by Crippen LogP contribution is -2.39. The number of carbonyl (C=O) groups excluding carboxylic acids is 1. The molecule has 1 aromatic rings. The van der Waals surface area contributed by atoms with Crippen LogP contribution in [0.15, 0.2) is 24.4 Å². The minimum absolute atomic E-state index is 0.0153. The lowest BCUT2D eigenvalue weighted by atomic mass is 9.95. The summed E-state index contributed by atoms with van der Waals surface area (Å²) in [6, 6.07) is 5.75. The zero-order valence-corrected chi connectivity index (χ0v) is 10.4. The smallest absolute Gasteiger partial charge is 0.226 e. The highest BCUT2D eigenvalue weighted by atomic mass is 35.5. The second-order valence-electron chi connectivity index (χ2n) is 4.34. The van der Waals surface area contributed by atoms with E-state index in [1.54, 1.807) is 6.20 Å². The van der Waals surface area contributed by atoms with Crippen molar-refractivity contribution in [2.24, 2.45) is 5.41 Å². The van der Waals surface area contributed by atoms with Gasteiger partial charge in [0.25, 0.3) is 0 Å². The van der Waals surface area contributed by atoms with Crippen LogP contribution in [0.1, 0.15) is 19.5 Å². The Kier molecular flexibility index (Phi) is 4.74. The maximum Gasteiger partial charge on any atom is 0.226 e. The van der Waals surface area contributed by atoms with Crippen LogP contribution in [0.5, 0.6) is 0 Å². The molecule has 0 aliphatic carbocycles. The van der Waals surface area contributed by atoms with Crippen LogP contribution in [0.4, 0.5) is 0 Å². The second kappa shape index (κ2) is 5.85. The summed E-state index contributed by atoms with van der Waals surface area (Å²) in [6.45, 7) is 4.25. The van der Waals surface area contributed by atoms with Gasteiger partial charge in [0, 0.05) is 30.7 Å². The largest absolute Gasteiger partial charge is 0.355 e. The average molecular weight is 241 g/mol. The fourth-order valence-corrected chi connectivity index (χ4v) is 1.27. The van der Waals surface area contributed by atoms with Crippen LogP contribution in [0.25, 0.3) is 0 Å². The fourth-order valence-electron chi connectivity index (χ4n) is 1.15. The minimum atomic E-state index is -0.508. The van der Waals surface area contributed by atoms with Gasteiger partial charge >= 0.3 is 0 Å². The van der Waals surface area contributed by atoms with E-state index in [2.05, 4.69) is 10.3 Å². The van der Waals surface area contributed by atoms with Crippen LogP contribution in [0, 0.1) is 5.41 Å². The molecule has 88 valence electrons. The first-order valence-corrected chi connectivity index (χ1v) is 5.84. The third-order valence-electron chi connectivity index (χ3n) is 2.34. The van der Waals surface area contributed by atoms with Gasteiger partial charge in [-0.15, -0.1) is 11.6 Å². The van der Waals surface area contributed by atoms with Gasteiger partial charge in [-0.2, -0.15) is 0 Å². The number of nitrogens with zero attached hydrogens (tertiary/aromatic N) is 1. The Morgan fingerprint density at radius 1 is 1.50 bits per heavy atom. The number of hydrogen-bond acceptors (Lipinski definition) is 2. The highest BCUT2D eigenvalue weighted by Crippen LogP contribution is 2.16. The standard InChI is InChI=1S/C12H17ClN2O/c1-12(2,9-13)11(16)15-8-6-10-5-3-4-7-14-10/h3-5,7H,6,8-9H2,1-2H3,(H,15,16). The predicted octanol–water partition coefficient (Wildman–Crippen LogP) is 2.01. The molecule has 0 radical (unpaired) electrons. The van der Waals surface area contributed by atoms with E-state index < -0.39 is 5.41 Å². The number of nitrogens with one attached hydrogen (secondary N) is 1. The number of amides is 1. The molecule has 0 saturated carbocycles. The maximum absolute atomic E-state index is 11.7. The maximum atomic E-state index is 11.7. The molecule has 1 heterocycles. The first kappa shape index (κ1) is 13.0. The summed E-state index contributed by atoms with van der Waals surface area (Å²) >= 11 is 5.71. The highest BCUT2D eigenvalue weighted by molar-refractivity contribution is 6.19. The minimum Gasteiger partial charge on any atom is -0.355 e. The van der Waals surface area contributed by atoms with Gasteiger partial charge in [-0.05, 0) is 26.0 Å². The zero-order valence-electron chi connectivity index (χ0n) is 9.66. The third kappa shape index (κ3) is 3.81. The number of carbonyl (C=O) groups is 1. The summed E-state index contributed by atoms with van der Waals surface area (Å²) in [4.78, 5) is 15.9. The molecule has 0 spiro atoms. The van der Waals surface area contributed by atoms with Crippen molar-refractivity contribution >= 4 is 17.5 Å². The Hall–Kier alpha value is -1.09. The summed E-state index contributed by atoms with van der Waals surface area (Å²) < 4.78 is 0. The van der Waals surface area contributed by atoms with Crippen LogP contribution in [0.3, 0.4) is 0 Å². The molecule has 3 nitrogen and oxygen atoms in total. The van der Waals surface area contributed by atoms with Gasteiger partial charge in [0.05, 0.1) is 5.41 Å². The predicted molar refractivity (Wildman–Crippen MR) is 65.5 cm³/mol. The normalized spacial score (nSPS) is 11.2. The average Bonchev–Trinajstić information content (AvgIpc) is 2.30. The molecule has 0 saturated heterocycles. The van der Waals surface area contributed by atoms with Crippen molar-refractivity contribution in [2.75, 3.05) is 12.4 Å². The molecule has 0 unspecified atom stereocenters. The van der Waals surface area contributed by atoms with Crippen molar-refractivity contribution in [3.05, 3.63) is 30.1 Å². The highest BCUT2D eigenvalue weighted by Gasteiger charge is 2.25. The zero-order chi connectivity index (χ0) is 12.0. The number of rotatable bonds is 5. The van der Waals surface area contributed by atoms with E-state index in [1.807, 2.05) is 32.0 Å². The second-order valence-corrected chi connectivity index (χ2v) is 4.61. The van der Waals surface area contributed by atoms with E-state index in [0.717, 1.165) is 12.1 Å². The summed E-state index contributed by atoms with van der Waals surface area (Å²) in [5.41, 5.74) is 0.470. The first-order chi connectivity index (χ1) is 7.56. The Balaban J connectivity index is 2.34. The van der Waals surface area contributed by atoms with Crippen molar-refractivity contribution in [2.45, 2.75) is 20.3 Å². The molecule has 16 heavy (non-hydrogen) atoms. The van der Waals surface area contributed by atoms with Crippen molar-refractivity contribution in [3.8, 4) is 0 Å². The van der Waals surface area contributed by atoms with Crippen LogP contribution in [-0.2, 0) is 11.2 Å². The molecule has 1 amide bonds. The van der Waals surface area contributed by atoms with Crippen molar-refractivity contribution in [1.82, 2.24) is 10.3 Å². The molecular formula is C12H17ClN2O. The van der Waals surface area contributed by atoms with Crippen molar-refractivity contribution in [1.29, 1.82) is 0 Å². The molecule has 1 rings (SSSR count). The molecular weight excluding hydrogens is 224 g/mol. The molecule has 0 aromatic carbocycles. The van der Waals surface area contributed by atoms with Crippen molar-refractivity contribution in [3.63, 3.8) is 0 Å². The SMILES string of the molecule is CC(C)(CCl)C(=O)NCCc1ccccn1. The summed E-state index contributed by atoms with van der Waals surface area (Å²) in [5, 5.41) is 2.86. The first-order valence-electron chi connectivity index (χ1n) is 5.30. The summed E-state index contributed by atoms with van der Waals surface area (Å²) in [6.07, 6.45) is 2.49. The lowest BCUT2D eigenvalue weighted by molar-refractivity contribution is -0.128. The van der Waals surface area contributed by atoms with E-state index in [9.17, 15) is 4.79 Å². The molecule has 1 N–H and O–H groups in total. The van der Waals surface area contributed by atoms with Gasteiger partial charge in [0.1, 0.15) is 0 Å². The molecule has 0 atom stereocenters. The Bertz CT molecular complexity index is 338. The number of halogens is 1. The van der Waals surface area contributed by atoms with E-state index in [4.69, 9.17) is 11.6 Å². The molecule has 0 aliphatic rings. The van der Waals surface area contributed by atoms with Crippen LogP contribution < -0.4 is 5.32 Å². The Morgan fingerprint density at radius 3 is 2.81 bits per heavy atom. The van der Waals surface area contributed by atoms with Gasteiger partial charge in [-0.3, -0.25) is 9.78 Å². The number of pyridine rings is 1. The van der Waals surface area contributed by atoms with Crippen LogP contribution in [-0.4, -0.2) is 23.3 Å². The molecule has 0 fully saturated rings. The summed E-state index contributed by atoms with van der Waals surface area (Å²) in [5.74, 6) is 0.307. The van der Waals surface area contributed by atoms with E-state index in [0.29, 0.717) is 12.4 Å². The van der Waals surface area contributed by atoms with E-state index >= 15 is 0 Å². The molecule has 0 aliphatic heterocycles. The number of alkyl halides is 1. The van der Waals surface area contributed by atoms with Crippen LogP contribution in [0.2, 0.25) is 0 Å². The number of hydrogen-bond donors (Lipinski definition) is 1. The van der Waals surface area contributed by atoms with Gasteiger partial charge in [-0.25, -0.2) is 0 Å². The molecule has 0 bridgehead atoms. The lowest BCUT2D eigenvalue weighted by Gasteiger charge is -2.20. The Morgan fingerprint density at radius 2 is 2.25 bits per heavy atom. The van der Waals surface area contributed by atoms with Crippen molar-refractivity contribution < 1.29 is 4.79 Å².